The highest BCUT2D eigenvalue weighted by Crippen LogP contribution is 2.20. The van der Waals surface area contributed by atoms with Gasteiger partial charge in [-0.05, 0) is 48.5 Å². The molecule has 0 aliphatic rings. The number of nitrogens with zero attached hydrogens (tertiary/aromatic N) is 2. The van der Waals surface area contributed by atoms with E-state index in [0.717, 1.165) is 4.68 Å². The lowest BCUT2D eigenvalue weighted by molar-refractivity contribution is 0.259. The van der Waals surface area contributed by atoms with Gasteiger partial charge in [-0.25, -0.2) is 13.2 Å². The predicted octanol–water partition coefficient (Wildman–Crippen LogP) is 2.83. The van der Waals surface area contributed by atoms with E-state index in [1.165, 1.54) is 54.7 Å². The minimum absolute atomic E-state index is 0.0216. The Labute approximate surface area is 175 Å². The van der Waals surface area contributed by atoms with Crippen LogP contribution in [0.3, 0.4) is 0 Å². The number of rotatable bonds is 5. The van der Waals surface area contributed by atoms with Crippen molar-refractivity contribution >= 4 is 50.6 Å². The first-order valence-corrected chi connectivity index (χ1v) is 10.1. The molecule has 0 aliphatic heterocycles. The summed E-state index contributed by atoms with van der Waals surface area (Å²) >= 11 is 11.6. The monoisotopic (exact) mass is 453 g/mol. The minimum Gasteiger partial charge on any atom is -0.351 e. The van der Waals surface area contributed by atoms with Crippen LogP contribution in [-0.2, 0) is 10.0 Å². The average molecular weight is 454 g/mol. The van der Waals surface area contributed by atoms with Crippen molar-refractivity contribution in [1.82, 2.24) is 9.78 Å². The van der Waals surface area contributed by atoms with Gasteiger partial charge >= 0.3 is 6.03 Å². The second kappa shape index (κ2) is 8.11. The SMILES string of the molecule is NC(=O)Nc1ccc(NS(=O)(=O)c2ccc(-n3ncc(Cl)c(Cl)c3=O)cc2)cc1. The largest absolute Gasteiger partial charge is 0.351 e. The molecule has 0 spiro atoms. The van der Waals surface area contributed by atoms with Crippen LogP contribution in [0.4, 0.5) is 16.2 Å². The molecule has 2 aromatic carbocycles. The third kappa shape index (κ3) is 4.67. The molecule has 2 amide bonds. The summed E-state index contributed by atoms with van der Waals surface area (Å²) < 4.78 is 28.5. The third-order valence-corrected chi connectivity index (χ3v) is 5.82. The lowest BCUT2D eigenvalue weighted by Gasteiger charge is -2.10. The quantitative estimate of drug-likeness (QED) is 0.545. The molecule has 0 bridgehead atoms. The highest BCUT2D eigenvalue weighted by Gasteiger charge is 2.15. The van der Waals surface area contributed by atoms with Crippen molar-refractivity contribution in [2.75, 3.05) is 10.0 Å². The van der Waals surface area contributed by atoms with Crippen molar-refractivity contribution in [3.63, 3.8) is 0 Å². The van der Waals surface area contributed by atoms with Crippen molar-refractivity contribution in [3.8, 4) is 5.69 Å². The standard InChI is InChI=1S/C17H13Cl2N5O4S/c18-14-9-21-24(16(25)15(14)19)12-5-7-13(8-6-12)29(27,28)23-11-3-1-10(2-4-11)22-17(20)26/h1-9,23H,(H3,20,22,26). The van der Waals surface area contributed by atoms with Gasteiger partial charge in [0.05, 0.1) is 21.8 Å². The maximum atomic E-state index is 12.6. The predicted molar refractivity (Wildman–Crippen MR) is 110 cm³/mol. The number of halogens is 2. The van der Waals surface area contributed by atoms with Crippen molar-refractivity contribution in [1.29, 1.82) is 0 Å². The van der Waals surface area contributed by atoms with Gasteiger partial charge < -0.3 is 11.1 Å². The summed E-state index contributed by atoms with van der Waals surface area (Å²) in [5.74, 6) is 0. The van der Waals surface area contributed by atoms with E-state index in [0.29, 0.717) is 11.4 Å². The molecular formula is C17H13Cl2N5O4S. The number of carbonyl (C=O) groups is 1. The molecule has 0 radical (unpaired) electrons. The van der Waals surface area contributed by atoms with Crippen molar-refractivity contribution < 1.29 is 13.2 Å². The van der Waals surface area contributed by atoms with Gasteiger partial charge in [0.25, 0.3) is 15.6 Å². The molecule has 3 rings (SSSR count). The Morgan fingerprint density at radius 2 is 1.59 bits per heavy atom. The first kappa shape index (κ1) is 20.6. The van der Waals surface area contributed by atoms with Crippen LogP contribution in [-0.4, -0.2) is 24.2 Å². The number of nitrogens with two attached hydrogens (primary N) is 1. The van der Waals surface area contributed by atoms with Crippen LogP contribution >= 0.6 is 23.2 Å². The van der Waals surface area contributed by atoms with Gasteiger partial charge in [-0.1, -0.05) is 23.2 Å². The van der Waals surface area contributed by atoms with Gasteiger partial charge in [0.15, 0.2) is 0 Å². The molecule has 9 nitrogen and oxygen atoms in total. The highest BCUT2D eigenvalue weighted by atomic mass is 35.5. The number of sulfonamides is 1. The minimum atomic E-state index is -3.89. The second-order valence-corrected chi connectivity index (χ2v) is 8.16. The van der Waals surface area contributed by atoms with E-state index in [9.17, 15) is 18.0 Å². The Balaban J connectivity index is 1.82. The van der Waals surface area contributed by atoms with Crippen LogP contribution < -0.4 is 21.3 Å². The summed E-state index contributed by atoms with van der Waals surface area (Å²) in [6.45, 7) is 0. The van der Waals surface area contributed by atoms with E-state index in [1.807, 2.05) is 0 Å². The smallest absolute Gasteiger partial charge is 0.316 e. The summed E-state index contributed by atoms with van der Waals surface area (Å²) in [7, 11) is -3.89. The lowest BCUT2D eigenvalue weighted by atomic mass is 10.3. The summed E-state index contributed by atoms with van der Waals surface area (Å²) in [5.41, 5.74) is 5.41. The molecule has 3 aromatic rings. The Hall–Kier alpha value is -3.08. The number of benzene rings is 2. The maximum Gasteiger partial charge on any atom is 0.316 e. The van der Waals surface area contributed by atoms with E-state index in [1.54, 1.807) is 0 Å². The Bertz CT molecular complexity index is 1230. The van der Waals surface area contributed by atoms with E-state index in [-0.39, 0.29) is 20.6 Å². The lowest BCUT2D eigenvalue weighted by Crippen LogP contribution is -2.21. The Morgan fingerprint density at radius 1 is 1.00 bits per heavy atom. The van der Waals surface area contributed by atoms with Gasteiger partial charge in [-0.2, -0.15) is 9.78 Å². The number of hydrogen-bond donors (Lipinski definition) is 3. The third-order valence-electron chi connectivity index (χ3n) is 3.67. The Kier molecular flexibility index (Phi) is 5.78. The molecular weight excluding hydrogens is 441 g/mol. The van der Waals surface area contributed by atoms with Gasteiger partial charge in [0.2, 0.25) is 0 Å². The van der Waals surface area contributed by atoms with Crippen molar-refractivity contribution in [3.05, 3.63) is 75.1 Å². The molecule has 0 aliphatic carbocycles. The Morgan fingerprint density at radius 3 is 2.17 bits per heavy atom. The number of anilines is 2. The second-order valence-electron chi connectivity index (χ2n) is 5.69. The van der Waals surface area contributed by atoms with E-state index in [2.05, 4.69) is 15.1 Å². The van der Waals surface area contributed by atoms with Crippen LogP contribution in [0, 0.1) is 0 Å². The number of amides is 2. The molecule has 12 heteroatoms. The van der Waals surface area contributed by atoms with Crippen LogP contribution in [0.5, 0.6) is 0 Å². The topological polar surface area (TPSA) is 136 Å². The molecule has 0 fully saturated rings. The number of urea groups is 1. The fourth-order valence-corrected chi connectivity index (χ4v) is 3.65. The molecule has 1 aromatic heterocycles. The fourth-order valence-electron chi connectivity index (χ4n) is 2.34. The summed E-state index contributed by atoms with van der Waals surface area (Å²) in [4.78, 5) is 22.9. The van der Waals surface area contributed by atoms with E-state index < -0.39 is 21.6 Å². The van der Waals surface area contributed by atoms with Crippen LogP contribution in [0.1, 0.15) is 0 Å². The van der Waals surface area contributed by atoms with Crippen LogP contribution in [0.15, 0.2) is 64.4 Å². The fraction of sp³-hybridized carbons (Fsp3) is 0. The zero-order valence-electron chi connectivity index (χ0n) is 14.5. The number of nitrogens with one attached hydrogen (secondary N) is 2. The molecule has 0 saturated heterocycles. The van der Waals surface area contributed by atoms with Crippen LogP contribution in [0.2, 0.25) is 10.0 Å². The normalized spacial score (nSPS) is 11.1. The first-order valence-electron chi connectivity index (χ1n) is 7.90. The highest BCUT2D eigenvalue weighted by molar-refractivity contribution is 7.92. The number of primary amides is 1. The molecule has 4 N–H and O–H groups in total. The van der Waals surface area contributed by atoms with Gasteiger partial charge in [-0.3, -0.25) is 9.52 Å². The van der Waals surface area contributed by atoms with Gasteiger partial charge in [0.1, 0.15) is 5.02 Å². The molecule has 150 valence electrons. The van der Waals surface area contributed by atoms with Crippen molar-refractivity contribution in [2.45, 2.75) is 4.90 Å². The maximum absolute atomic E-state index is 12.6. The molecule has 0 unspecified atom stereocenters. The zero-order valence-corrected chi connectivity index (χ0v) is 16.8. The molecule has 0 saturated carbocycles. The molecule has 29 heavy (non-hydrogen) atoms. The molecule has 0 atom stereocenters. The molecule has 1 heterocycles. The number of aromatic nitrogens is 2. The van der Waals surface area contributed by atoms with Gasteiger partial charge in [0, 0.05) is 11.4 Å². The van der Waals surface area contributed by atoms with E-state index in [4.69, 9.17) is 28.9 Å². The van der Waals surface area contributed by atoms with Crippen LogP contribution in [0.25, 0.3) is 5.69 Å². The zero-order chi connectivity index (χ0) is 21.2. The summed E-state index contributed by atoms with van der Waals surface area (Å²) in [5, 5.41) is 6.09. The number of carbonyl (C=O) groups excluding carboxylic acids is 1. The van der Waals surface area contributed by atoms with Crippen molar-refractivity contribution in [2.24, 2.45) is 5.73 Å². The average Bonchev–Trinajstić information content (AvgIpc) is 2.67. The first-order chi connectivity index (χ1) is 13.7. The van der Waals surface area contributed by atoms with Gasteiger partial charge in [-0.15, -0.1) is 0 Å². The summed E-state index contributed by atoms with van der Waals surface area (Å²) in [6, 6.07) is 10.7. The number of hydrogen-bond acceptors (Lipinski definition) is 5. The summed E-state index contributed by atoms with van der Waals surface area (Å²) in [6.07, 6.45) is 1.22. The van der Waals surface area contributed by atoms with E-state index >= 15 is 0 Å².